The summed E-state index contributed by atoms with van der Waals surface area (Å²) in [6, 6.07) is 17.3. The second-order valence-corrected chi connectivity index (χ2v) is 6.04. The molecule has 4 heteroatoms. The number of para-hydroxylation sites is 1. The second-order valence-electron chi connectivity index (χ2n) is 5.61. The molecule has 2 rings (SSSR count). The van der Waals surface area contributed by atoms with Crippen LogP contribution in [-0.4, -0.2) is 19.1 Å². The van der Waals surface area contributed by atoms with Gasteiger partial charge in [0, 0.05) is 0 Å². The first-order valence-corrected chi connectivity index (χ1v) is 8.21. The van der Waals surface area contributed by atoms with Gasteiger partial charge < -0.3 is 10.1 Å². The van der Waals surface area contributed by atoms with Gasteiger partial charge in [-0.2, -0.15) is 0 Å². The molecule has 2 aromatic carbocycles. The summed E-state index contributed by atoms with van der Waals surface area (Å²) in [5, 5.41) is 2.12. The highest BCUT2D eigenvalue weighted by atomic mass is 35.5. The summed E-state index contributed by atoms with van der Waals surface area (Å²) in [5.41, 5.74) is 1.95. The fourth-order valence-corrected chi connectivity index (χ4v) is 2.51. The summed E-state index contributed by atoms with van der Waals surface area (Å²) >= 11 is 6.17. The second kappa shape index (κ2) is 8.59. The molecule has 0 heterocycles. The minimum atomic E-state index is -0.681. The van der Waals surface area contributed by atoms with E-state index in [0.717, 1.165) is 11.3 Å². The van der Waals surface area contributed by atoms with Gasteiger partial charge >= 0.3 is 0 Å². The molecule has 0 radical (unpaired) electrons. The fraction of sp³-hybridized carbons (Fsp3) is 0.316. The topological polar surface area (TPSA) is 38.3 Å². The molecule has 23 heavy (non-hydrogen) atoms. The Kier molecular flexibility index (Phi) is 6.48. The molecule has 122 valence electrons. The van der Waals surface area contributed by atoms with Crippen molar-refractivity contribution < 1.29 is 9.53 Å². The normalized spacial score (nSPS) is 12.0. The predicted octanol–water partition coefficient (Wildman–Crippen LogP) is 4.29. The van der Waals surface area contributed by atoms with Crippen LogP contribution in [0.5, 0.6) is 5.75 Å². The van der Waals surface area contributed by atoms with Crippen LogP contribution in [0.3, 0.4) is 0 Å². The van der Waals surface area contributed by atoms with E-state index >= 15 is 0 Å². The maximum atomic E-state index is 12.0. The Hall–Kier alpha value is -2.00. The quantitative estimate of drug-likeness (QED) is 0.607. The number of nitrogens with one attached hydrogen (secondary N) is 1. The average Bonchev–Trinajstić information content (AvgIpc) is 2.58. The molecule has 0 bridgehead atoms. The molecule has 0 fully saturated rings. The Morgan fingerprint density at radius 1 is 1.09 bits per heavy atom. The molecular weight excluding hydrogens is 310 g/mol. The van der Waals surface area contributed by atoms with Gasteiger partial charge in [-0.15, -0.1) is 11.6 Å². The first-order valence-electron chi connectivity index (χ1n) is 7.78. The first kappa shape index (κ1) is 17.4. The van der Waals surface area contributed by atoms with Crippen molar-refractivity contribution >= 4 is 17.5 Å². The lowest BCUT2D eigenvalue weighted by Gasteiger charge is -2.15. The molecule has 0 aromatic heterocycles. The van der Waals surface area contributed by atoms with Gasteiger partial charge in [-0.05, 0) is 23.1 Å². The molecule has 2 aromatic rings. The van der Waals surface area contributed by atoms with E-state index in [0.29, 0.717) is 19.1 Å². The lowest BCUT2D eigenvalue weighted by molar-refractivity contribution is -0.120. The average molecular weight is 332 g/mol. The first-order chi connectivity index (χ1) is 11.1. The van der Waals surface area contributed by atoms with Gasteiger partial charge in [-0.25, -0.2) is 0 Å². The Morgan fingerprint density at radius 3 is 2.43 bits per heavy atom. The van der Waals surface area contributed by atoms with Crippen LogP contribution in [0, 0.1) is 0 Å². The number of amides is 1. The Bertz CT molecular complexity index is 628. The van der Waals surface area contributed by atoms with E-state index in [9.17, 15) is 4.79 Å². The highest BCUT2D eigenvalue weighted by Gasteiger charge is 2.16. The minimum Gasteiger partial charge on any atom is -0.491 e. The van der Waals surface area contributed by atoms with Crippen molar-refractivity contribution in [1.82, 2.24) is 5.32 Å². The number of benzene rings is 2. The van der Waals surface area contributed by atoms with E-state index < -0.39 is 5.38 Å². The molecule has 0 saturated heterocycles. The van der Waals surface area contributed by atoms with Crippen LogP contribution in [0.4, 0.5) is 0 Å². The standard InChI is InChI=1S/C19H22ClNO2/c1-14(2)16-10-6-7-11-17(16)23-13-12-21-19(22)18(20)15-8-4-3-5-9-15/h3-11,14,18H,12-13H2,1-2H3,(H,21,22). The number of carbonyl (C=O) groups excluding carboxylic acids is 1. The van der Waals surface area contributed by atoms with Crippen LogP contribution in [0.25, 0.3) is 0 Å². The zero-order valence-corrected chi connectivity index (χ0v) is 14.2. The van der Waals surface area contributed by atoms with Crippen LogP contribution >= 0.6 is 11.6 Å². The Labute approximate surface area is 142 Å². The monoisotopic (exact) mass is 331 g/mol. The number of carbonyl (C=O) groups is 1. The summed E-state index contributed by atoms with van der Waals surface area (Å²) in [7, 11) is 0. The molecule has 1 unspecified atom stereocenters. The Balaban J connectivity index is 1.81. The summed E-state index contributed by atoms with van der Waals surface area (Å²) in [5.74, 6) is 1.05. The Morgan fingerprint density at radius 2 is 1.74 bits per heavy atom. The van der Waals surface area contributed by atoms with Crippen molar-refractivity contribution in [1.29, 1.82) is 0 Å². The molecule has 0 aliphatic carbocycles. The van der Waals surface area contributed by atoms with Gasteiger partial charge in [0.2, 0.25) is 5.91 Å². The van der Waals surface area contributed by atoms with E-state index in [2.05, 4.69) is 25.2 Å². The number of alkyl halides is 1. The zero-order chi connectivity index (χ0) is 16.7. The molecule has 0 saturated carbocycles. The van der Waals surface area contributed by atoms with Gasteiger partial charge in [0.05, 0.1) is 6.54 Å². The third-order valence-electron chi connectivity index (χ3n) is 3.52. The molecule has 3 nitrogen and oxygen atoms in total. The minimum absolute atomic E-state index is 0.210. The third-order valence-corrected chi connectivity index (χ3v) is 3.97. The number of hydrogen-bond acceptors (Lipinski definition) is 2. The van der Waals surface area contributed by atoms with E-state index in [4.69, 9.17) is 16.3 Å². The lowest BCUT2D eigenvalue weighted by Crippen LogP contribution is -2.30. The van der Waals surface area contributed by atoms with Gasteiger partial charge in [0.15, 0.2) is 0 Å². The summed E-state index contributed by atoms with van der Waals surface area (Å²) < 4.78 is 5.78. The van der Waals surface area contributed by atoms with E-state index in [1.54, 1.807) is 0 Å². The van der Waals surface area contributed by atoms with E-state index in [1.165, 1.54) is 5.56 Å². The lowest BCUT2D eigenvalue weighted by atomic mass is 10.0. The van der Waals surface area contributed by atoms with Crippen molar-refractivity contribution in [3.8, 4) is 5.75 Å². The van der Waals surface area contributed by atoms with Crippen LogP contribution in [0.15, 0.2) is 54.6 Å². The molecular formula is C19H22ClNO2. The summed E-state index contributed by atoms with van der Waals surface area (Å²) in [6.45, 7) is 5.08. The molecule has 1 N–H and O–H groups in total. The van der Waals surface area contributed by atoms with Crippen molar-refractivity contribution in [3.05, 3.63) is 65.7 Å². The third kappa shape index (κ3) is 5.00. The van der Waals surface area contributed by atoms with E-state index in [-0.39, 0.29) is 5.91 Å². The largest absolute Gasteiger partial charge is 0.491 e. The van der Waals surface area contributed by atoms with Gasteiger partial charge in [-0.3, -0.25) is 4.79 Å². The number of hydrogen-bond donors (Lipinski definition) is 1. The molecule has 1 atom stereocenters. The van der Waals surface area contributed by atoms with E-state index in [1.807, 2.05) is 48.5 Å². The highest BCUT2D eigenvalue weighted by Crippen LogP contribution is 2.25. The molecule has 1 amide bonds. The fourth-order valence-electron chi connectivity index (χ4n) is 2.29. The van der Waals surface area contributed by atoms with Crippen LogP contribution in [-0.2, 0) is 4.79 Å². The van der Waals surface area contributed by atoms with Crippen LogP contribution in [0.2, 0.25) is 0 Å². The SMILES string of the molecule is CC(C)c1ccccc1OCCNC(=O)C(Cl)c1ccccc1. The maximum absolute atomic E-state index is 12.0. The molecule has 0 aliphatic rings. The van der Waals surface area contributed by atoms with Crippen molar-refractivity contribution in [2.45, 2.75) is 25.1 Å². The molecule has 0 spiro atoms. The van der Waals surface area contributed by atoms with Gasteiger partial charge in [0.25, 0.3) is 0 Å². The number of rotatable bonds is 7. The maximum Gasteiger partial charge on any atom is 0.242 e. The summed E-state index contributed by atoms with van der Waals surface area (Å²) in [4.78, 5) is 12.0. The van der Waals surface area contributed by atoms with Crippen LogP contribution < -0.4 is 10.1 Å². The number of halogens is 1. The highest BCUT2D eigenvalue weighted by molar-refractivity contribution is 6.30. The smallest absolute Gasteiger partial charge is 0.242 e. The van der Waals surface area contributed by atoms with Gasteiger partial charge in [0.1, 0.15) is 17.7 Å². The van der Waals surface area contributed by atoms with Gasteiger partial charge in [-0.1, -0.05) is 62.4 Å². The molecule has 0 aliphatic heterocycles. The van der Waals surface area contributed by atoms with Crippen molar-refractivity contribution in [2.75, 3.05) is 13.2 Å². The van der Waals surface area contributed by atoms with Crippen molar-refractivity contribution in [3.63, 3.8) is 0 Å². The van der Waals surface area contributed by atoms with Crippen LogP contribution in [0.1, 0.15) is 36.3 Å². The predicted molar refractivity (Wildman–Crippen MR) is 94.1 cm³/mol. The summed E-state index contributed by atoms with van der Waals surface area (Å²) in [6.07, 6.45) is 0. The number of ether oxygens (including phenoxy) is 1. The van der Waals surface area contributed by atoms with Crippen molar-refractivity contribution in [2.24, 2.45) is 0 Å². The zero-order valence-electron chi connectivity index (χ0n) is 13.5.